The molecule has 0 amide bonds. The van der Waals surface area contributed by atoms with Crippen LogP contribution >= 0.6 is 0 Å². The third-order valence-corrected chi connectivity index (χ3v) is 1.87. The van der Waals surface area contributed by atoms with Gasteiger partial charge in [0.25, 0.3) is 0 Å². The Morgan fingerprint density at radius 2 is 2.20 bits per heavy atom. The van der Waals surface area contributed by atoms with Crippen molar-refractivity contribution < 1.29 is 4.57 Å². The van der Waals surface area contributed by atoms with Crippen molar-refractivity contribution in [3.63, 3.8) is 0 Å². The number of rotatable bonds is 1. The molecule has 0 radical (unpaired) electrons. The predicted octanol–water partition coefficient (Wildman–Crippen LogP) is 1.38. The summed E-state index contributed by atoms with van der Waals surface area (Å²) in [7, 11) is 2.06. The maximum Gasteiger partial charge on any atom is 0.178 e. The summed E-state index contributed by atoms with van der Waals surface area (Å²) in [6.45, 7) is 4.30. The van der Waals surface area contributed by atoms with Crippen LogP contribution in [0.25, 0.3) is 0 Å². The van der Waals surface area contributed by atoms with Crippen molar-refractivity contribution in [1.29, 1.82) is 0 Å². The maximum atomic E-state index is 2.22. The van der Waals surface area contributed by atoms with Gasteiger partial charge >= 0.3 is 0 Å². The van der Waals surface area contributed by atoms with Crippen LogP contribution < -0.4 is 4.57 Å². The highest BCUT2D eigenvalue weighted by Crippen LogP contribution is 1.98. The summed E-state index contributed by atoms with van der Waals surface area (Å²) >= 11 is 0. The van der Waals surface area contributed by atoms with Gasteiger partial charge in [-0.25, -0.2) is 4.57 Å². The Kier molecular flexibility index (Phi) is 2.05. The molecule has 1 nitrogen and oxygen atoms in total. The van der Waals surface area contributed by atoms with Crippen LogP contribution in [0.2, 0.25) is 0 Å². The van der Waals surface area contributed by atoms with Gasteiger partial charge in [-0.15, -0.1) is 0 Å². The molecule has 0 N–H and O–H groups in total. The van der Waals surface area contributed by atoms with E-state index in [1.807, 2.05) is 0 Å². The van der Waals surface area contributed by atoms with E-state index in [0.717, 1.165) is 6.42 Å². The van der Waals surface area contributed by atoms with E-state index >= 15 is 0 Å². The Hall–Kier alpha value is -0.850. The molecule has 0 aliphatic rings. The van der Waals surface area contributed by atoms with Crippen LogP contribution in [0.15, 0.2) is 18.3 Å². The number of aromatic nitrogens is 1. The number of nitrogens with zero attached hydrogens (tertiary/aromatic N) is 1. The minimum atomic E-state index is 1.13. The van der Waals surface area contributed by atoms with Crippen LogP contribution in [0.1, 0.15) is 18.2 Å². The third-order valence-electron chi connectivity index (χ3n) is 1.87. The van der Waals surface area contributed by atoms with Crippen molar-refractivity contribution in [2.24, 2.45) is 7.05 Å². The SMILES string of the molecule is CCc1cc[n+](C)c(C)c1. The molecule has 10 heavy (non-hydrogen) atoms. The Labute approximate surface area is 62.3 Å². The van der Waals surface area contributed by atoms with Gasteiger partial charge in [0.2, 0.25) is 0 Å². The molecule has 0 aliphatic heterocycles. The fourth-order valence-electron chi connectivity index (χ4n) is 0.963. The molecule has 0 aromatic carbocycles. The van der Waals surface area contributed by atoms with Gasteiger partial charge in [0.05, 0.1) is 0 Å². The van der Waals surface area contributed by atoms with Crippen molar-refractivity contribution in [2.45, 2.75) is 20.3 Å². The van der Waals surface area contributed by atoms with Crippen molar-refractivity contribution in [2.75, 3.05) is 0 Å². The average molecular weight is 136 g/mol. The van der Waals surface area contributed by atoms with Gasteiger partial charge in [-0.3, -0.25) is 0 Å². The van der Waals surface area contributed by atoms with Crippen LogP contribution in [-0.2, 0) is 13.5 Å². The molecule has 0 atom stereocenters. The molecule has 0 saturated heterocycles. The van der Waals surface area contributed by atoms with Crippen molar-refractivity contribution >= 4 is 0 Å². The van der Waals surface area contributed by atoms with Crippen LogP contribution in [-0.4, -0.2) is 0 Å². The van der Waals surface area contributed by atoms with Crippen molar-refractivity contribution in [1.82, 2.24) is 0 Å². The van der Waals surface area contributed by atoms with E-state index in [4.69, 9.17) is 0 Å². The van der Waals surface area contributed by atoms with Crippen LogP contribution in [0, 0.1) is 6.92 Å². The lowest BCUT2D eigenvalue weighted by molar-refractivity contribution is -0.677. The van der Waals surface area contributed by atoms with E-state index in [2.05, 4.69) is 43.8 Å². The summed E-state index contributed by atoms with van der Waals surface area (Å²) in [4.78, 5) is 0. The standard InChI is InChI=1S/C9H14N/c1-4-9-5-6-10(3)8(2)7-9/h5-7H,4H2,1-3H3/q+1. The fourth-order valence-corrected chi connectivity index (χ4v) is 0.963. The zero-order valence-electron chi connectivity index (χ0n) is 6.89. The molecule has 0 unspecified atom stereocenters. The first-order valence-electron chi connectivity index (χ1n) is 3.69. The molecule has 1 heterocycles. The summed E-state index contributed by atoms with van der Waals surface area (Å²) in [5.74, 6) is 0. The Morgan fingerprint density at radius 1 is 1.50 bits per heavy atom. The van der Waals surface area contributed by atoms with Gasteiger partial charge in [0.15, 0.2) is 11.9 Å². The second-order valence-electron chi connectivity index (χ2n) is 2.64. The smallest absolute Gasteiger partial charge is 0.178 e. The van der Waals surface area contributed by atoms with E-state index in [1.165, 1.54) is 11.3 Å². The molecule has 1 aromatic rings. The minimum Gasteiger partial charge on any atom is -0.205 e. The monoisotopic (exact) mass is 136 g/mol. The molecule has 0 fully saturated rings. The summed E-state index contributed by atoms with van der Waals surface area (Å²) in [5, 5.41) is 0. The highest BCUT2D eigenvalue weighted by Gasteiger charge is 1.98. The number of hydrogen-bond acceptors (Lipinski definition) is 0. The Balaban J connectivity index is 3.04. The minimum absolute atomic E-state index is 1.13. The molecule has 0 saturated carbocycles. The van der Waals surface area contributed by atoms with E-state index < -0.39 is 0 Å². The molecule has 1 rings (SSSR count). The third kappa shape index (κ3) is 1.35. The number of hydrogen-bond donors (Lipinski definition) is 0. The second-order valence-corrected chi connectivity index (χ2v) is 2.64. The van der Waals surface area contributed by atoms with Crippen LogP contribution in [0.5, 0.6) is 0 Å². The van der Waals surface area contributed by atoms with Gasteiger partial charge in [0.1, 0.15) is 7.05 Å². The summed E-state index contributed by atoms with van der Waals surface area (Å²) in [6, 6.07) is 4.38. The van der Waals surface area contributed by atoms with Gasteiger partial charge < -0.3 is 0 Å². The van der Waals surface area contributed by atoms with E-state index in [1.54, 1.807) is 0 Å². The number of aryl methyl sites for hydroxylation is 3. The fraction of sp³-hybridized carbons (Fsp3) is 0.444. The molecule has 0 aliphatic carbocycles. The van der Waals surface area contributed by atoms with Crippen LogP contribution in [0.4, 0.5) is 0 Å². The van der Waals surface area contributed by atoms with Gasteiger partial charge in [-0.1, -0.05) is 6.92 Å². The Morgan fingerprint density at radius 3 is 2.70 bits per heavy atom. The van der Waals surface area contributed by atoms with Crippen molar-refractivity contribution in [3.05, 3.63) is 29.6 Å². The predicted molar refractivity (Wildman–Crippen MR) is 41.7 cm³/mol. The zero-order chi connectivity index (χ0) is 7.56. The first-order chi connectivity index (χ1) is 4.74. The van der Waals surface area contributed by atoms with Crippen molar-refractivity contribution in [3.8, 4) is 0 Å². The zero-order valence-corrected chi connectivity index (χ0v) is 6.89. The quantitative estimate of drug-likeness (QED) is 0.513. The van der Waals surface area contributed by atoms with Gasteiger partial charge in [-0.2, -0.15) is 0 Å². The number of pyridine rings is 1. The summed E-state index contributed by atoms with van der Waals surface area (Å²) in [6.07, 6.45) is 3.23. The molecule has 0 bridgehead atoms. The van der Waals surface area contributed by atoms with Gasteiger partial charge in [0, 0.05) is 19.1 Å². The molecule has 0 spiro atoms. The normalized spacial score (nSPS) is 9.90. The lowest BCUT2D eigenvalue weighted by Crippen LogP contribution is -2.30. The van der Waals surface area contributed by atoms with E-state index in [9.17, 15) is 0 Å². The topological polar surface area (TPSA) is 3.88 Å². The molecule has 54 valence electrons. The largest absolute Gasteiger partial charge is 0.205 e. The highest BCUT2D eigenvalue weighted by molar-refractivity contribution is 5.11. The molecule has 1 heteroatoms. The molecular formula is C9H14N+. The summed E-state index contributed by atoms with van der Waals surface area (Å²) < 4.78 is 2.12. The van der Waals surface area contributed by atoms with E-state index in [0.29, 0.717) is 0 Å². The lowest BCUT2D eigenvalue weighted by Gasteiger charge is -1.95. The lowest BCUT2D eigenvalue weighted by atomic mass is 10.2. The first-order valence-corrected chi connectivity index (χ1v) is 3.69. The molecule has 1 aromatic heterocycles. The summed E-state index contributed by atoms with van der Waals surface area (Å²) in [5.41, 5.74) is 2.73. The average Bonchev–Trinajstić information content (AvgIpc) is 1.95. The van der Waals surface area contributed by atoms with Gasteiger partial charge in [-0.05, 0) is 12.0 Å². The Bertz CT molecular complexity index is 228. The van der Waals surface area contributed by atoms with E-state index in [-0.39, 0.29) is 0 Å². The highest BCUT2D eigenvalue weighted by atomic mass is 14.9. The molecular weight excluding hydrogens is 122 g/mol. The van der Waals surface area contributed by atoms with Crippen LogP contribution in [0.3, 0.4) is 0 Å². The first kappa shape index (κ1) is 7.26. The second kappa shape index (κ2) is 2.82. The maximum absolute atomic E-state index is 2.22.